The zero-order valence-electron chi connectivity index (χ0n) is 37.0. The molecule has 0 aromatic heterocycles. The van der Waals surface area contributed by atoms with Crippen LogP contribution in [0.15, 0.2) is 24.3 Å². The Kier molecular flexibility index (Phi) is 18.3. The van der Waals surface area contributed by atoms with E-state index in [1.165, 1.54) is 101 Å². The molecule has 0 bridgehead atoms. The molecule has 0 heterocycles. The maximum Gasteiger partial charge on any atom is 0.495 e. The van der Waals surface area contributed by atoms with E-state index in [9.17, 15) is 4.89 Å². The van der Waals surface area contributed by atoms with Crippen molar-refractivity contribution in [1.82, 2.24) is 0 Å². The maximum absolute atomic E-state index is 12.7. The quantitative estimate of drug-likeness (QED) is 0.102. The van der Waals surface area contributed by atoms with Crippen LogP contribution in [0.1, 0.15) is 226 Å². The Labute approximate surface area is 324 Å². The normalized spacial score (nSPS) is 13.2. The Balaban J connectivity index is 2.23. The van der Waals surface area contributed by atoms with Crippen LogP contribution in [0.2, 0.25) is 0 Å². The van der Waals surface area contributed by atoms with Gasteiger partial charge in [-0.25, -0.2) is 0 Å². The van der Waals surface area contributed by atoms with Crippen molar-refractivity contribution >= 4 is 7.94 Å². The Hall–Kier alpha value is -1.57. The number of benzene rings is 2. The second-order valence-electron chi connectivity index (χ2n) is 20.2. The minimum absolute atomic E-state index is 0.00626. The van der Waals surface area contributed by atoms with Crippen LogP contribution in [0.25, 0.3) is 0 Å². The molecule has 2 aromatic rings. The van der Waals surface area contributed by atoms with E-state index in [-0.39, 0.29) is 21.7 Å². The Bertz CT molecular complexity index is 1260. The van der Waals surface area contributed by atoms with Gasteiger partial charge in [0, 0.05) is 11.1 Å². The molecular formula is C48H84O3P+. The number of aryl methyl sites for hydroxylation is 2. The Morgan fingerprint density at radius 1 is 0.442 bits per heavy atom. The summed E-state index contributed by atoms with van der Waals surface area (Å²) in [5.74, 6) is 1.57. The van der Waals surface area contributed by atoms with Crippen LogP contribution >= 0.6 is 7.94 Å². The van der Waals surface area contributed by atoms with Crippen LogP contribution in [0.4, 0.5) is 0 Å². The SMILES string of the molecule is CCCCCCCCCCCCCCCCCC[P+](O)(Oc1c(C)cc(C(C)(C)C)cc1C(C)(C)C)Oc1c(C)cc(C(C)(C)C)cc1C(C)(C)C. The highest BCUT2D eigenvalue weighted by Crippen LogP contribution is 2.60. The molecule has 298 valence electrons. The molecule has 0 saturated heterocycles. The van der Waals surface area contributed by atoms with Crippen molar-refractivity contribution in [3.05, 3.63) is 57.6 Å². The molecule has 52 heavy (non-hydrogen) atoms. The number of rotatable bonds is 21. The molecule has 4 heteroatoms. The second kappa shape index (κ2) is 20.4. The Morgan fingerprint density at radius 2 is 0.731 bits per heavy atom. The number of hydrogen-bond acceptors (Lipinski definition) is 3. The van der Waals surface area contributed by atoms with Crippen molar-refractivity contribution in [3.8, 4) is 11.5 Å². The maximum atomic E-state index is 12.7. The van der Waals surface area contributed by atoms with Gasteiger partial charge in [-0.2, -0.15) is 4.89 Å². The molecular weight excluding hydrogens is 655 g/mol. The molecule has 2 rings (SSSR count). The lowest BCUT2D eigenvalue weighted by Gasteiger charge is -2.31. The predicted molar refractivity (Wildman–Crippen MR) is 232 cm³/mol. The molecule has 2 aromatic carbocycles. The predicted octanol–water partition coefficient (Wildman–Crippen LogP) is 16.0. The van der Waals surface area contributed by atoms with Gasteiger partial charge in [0.15, 0.2) is 17.7 Å². The fourth-order valence-electron chi connectivity index (χ4n) is 7.03. The summed E-state index contributed by atoms with van der Waals surface area (Å²) >= 11 is 0. The lowest BCUT2D eigenvalue weighted by molar-refractivity contribution is 0.333. The van der Waals surface area contributed by atoms with Gasteiger partial charge in [-0.3, -0.25) is 9.05 Å². The van der Waals surface area contributed by atoms with E-state index in [0.717, 1.165) is 46.6 Å². The van der Waals surface area contributed by atoms with Gasteiger partial charge in [0.1, 0.15) is 0 Å². The highest BCUT2D eigenvalue weighted by Gasteiger charge is 2.47. The molecule has 0 radical (unpaired) electrons. The fraction of sp³-hybridized carbons (Fsp3) is 0.750. The van der Waals surface area contributed by atoms with E-state index in [4.69, 9.17) is 9.05 Å². The summed E-state index contributed by atoms with van der Waals surface area (Å²) in [6.45, 7) is 33.5. The summed E-state index contributed by atoms with van der Waals surface area (Å²) in [6.07, 6.45) is 21.6. The minimum Gasteiger partial charge on any atom is -0.277 e. The topological polar surface area (TPSA) is 38.7 Å². The van der Waals surface area contributed by atoms with Crippen molar-refractivity contribution in [2.75, 3.05) is 6.16 Å². The van der Waals surface area contributed by atoms with Gasteiger partial charge in [-0.05, 0) is 70.6 Å². The van der Waals surface area contributed by atoms with Crippen LogP contribution < -0.4 is 9.05 Å². The van der Waals surface area contributed by atoms with Crippen molar-refractivity contribution in [2.45, 2.75) is 228 Å². The van der Waals surface area contributed by atoms with Crippen molar-refractivity contribution < 1.29 is 13.9 Å². The zero-order valence-corrected chi connectivity index (χ0v) is 37.9. The van der Waals surface area contributed by atoms with Gasteiger partial charge in [0.2, 0.25) is 0 Å². The first-order valence-electron chi connectivity index (χ1n) is 21.3. The molecule has 0 saturated carbocycles. The third-order valence-electron chi connectivity index (χ3n) is 10.7. The van der Waals surface area contributed by atoms with Gasteiger partial charge in [0.25, 0.3) is 0 Å². The van der Waals surface area contributed by atoms with Gasteiger partial charge in [-0.1, -0.05) is 204 Å². The lowest BCUT2D eigenvalue weighted by Crippen LogP contribution is -2.22. The molecule has 0 spiro atoms. The first-order valence-corrected chi connectivity index (χ1v) is 23.1. The molecule has 3 nitrogen and oxygen atoms in total. The summed E-state index contributed by atoms with van der Waals surface area (Å²) in [6, 6.07) is 9.08. The van der Waals surface area contributed by atoms with Crippen molar-refractivity contribution in [2.24, 2.45) is 0 Å². The van der Waals surface area contributed by atoms with Gasteiger partial charge >= 0.3 is 7.94 Å². The molecule has 0 unspecified atom stereocenters. The zero-order chi connectivity index (χ0) is 39.4. The first-order chi connectivity index (χ1) is 24.0. The van der Waals surface area contributed by atoms with Crippen LogP contribution in [0, 0.1) is 13.8 Å². The third-order valence-corrected chi connectivity index (χ3v) is 12.5. The van der Waals surface area contributed by atoms with Crippen LogP contribution in [-0.4, -0.2) is 11.1 Å². The second-order valence-corrected chi connectivity index (χ2v) is 22.3. The summed E-state index contributed by atoms with van der Waals surface area (Å²) in [5.41, 5.74) is 6.62. The number of unbranched alkanes of at least 4 members (excludes halogenated alkanes) is 15. The molecule has 0 fully saturated rings. The highest BCUT2D eigenvalue weighted by molar-refractivity contribution is 7.61. The average Bonchev–Trinajstić information content (AvgIpc) is 3.00. The highest BCUT2D eigenvalue weighted by atomic mass is 31.2. The lowest BCUT2D eigenvalue weighted by atomic mass is 9.79. The van der Waals surface area contributed by atoms with E-state index in [1.807, 2.05) is 0 Å². The fourth-order valence-corrected chi connectivity index (χ4v) is 8.92. The summed E-state index contributed by atoms with van der Waals surface area (Å²) in [7, 11) is -3.36. The number of hydrogen-bond donors (Lipinski definition) is 1. The molecule has 0 aliphatic rings. The summed E-state index contributed by atoms with van der Waals surface area (Å²) in [4.78, 5) is 12.7. The van der Waals surface area contributed by atoms with Gasteiger partial charge in [0.05, 0.1) is 0 Å². The monoisotopic (exact) mass is 740 g/mol. The third kappa shape index (κ3) is 15.7. The van der Waals surface area contributed by atoms with Crippen molar-refractivity contribution in [3.63, 3.8) is 0 Å². The Morgan fingerprint density at radius 3 is 1.00 bits per heavy atom. The van der Waals surface area contributed by atoms with Crippen LogP contribution in [-0.2, 0) is 21.7 Å². The standard InChI is InChI=1S/C48H84O3P/c1-16-17-18-19-20-21-22-23-24-25-26-27-28-29-30-31-32-52(49,50-43-37(2)33-39(45(4,5)6)35-41(43)47(10,11)12)51-44-38(3)34-40(46(7,8)9)36-42(44)48(13,14)15/h33-36,49H,16-32H2,1-15H3/q+1. The molecule has 1 N–H and O–H groups in total. The smallest absolute Gasteiger partial charge is 0.277 e. The molecule has 0 atom stereocenters. The van der Waals surface area contributed by atoms with Gasteiger partial charge in [-0.15, -0.1) is 0 Å². The van der Waals surface area contributed by atoms with Gasteiger partial charge < -0.3 is 0 Å². The van der Waals surface area contributed by atoms with Crippen LogP contribution in [0.3, 0.4) is 0 Å². The largest absolute Gasteiger partial charge is 0.495 e. The van der Waals surface area contributed by atoms with E-state index in [0.29, 0.717) is 6.16 Å². The average molecular weight is 740 g/mol. The van der Waals surface area contributed by atoms with E-state index < -0.39 is 7.94 Å². The van der Waals surface area contributed by atoms with Crippen LogP contribution in [0.5, 0.6) is 11.5 Å². The molecule has 0 aliphatic carbocycles. The van der Waals surface area contributed by atoms with E-state index in [2.05, 4.69) is 128 Å². The molecule has 0 aliphatic heterocycles. The summed E-state index contributed by atoms with van der Waals surface area (Å²) < 4.78 is 13.9. The summed E-state index contributed by atoms with van der Waals surface area (Å²) in [5, 5.41) is 0. The van der Waals surface area contributed by atoms with E-state index in [1.54, 1.807) is 0 Å². The van der Waals surface area contributed by atoms with E-state index >= 15 is 0 Å². The minimum atomic E-state index is -3.36. The first kappa shape index (κ1) is 46.6. The molecule has 0 amide bonds. The van der Waals surface area contributed by atoms with Crippen molar-refractivity contribution in [1.29, 1.82) is 0 Å².